The summed E-state index contributed by atoms with van der Waals surface area (Å²) in [6.07, 6.45) is 1.84. The maximum absolute atomic E-state index is 5.23. The van der Waals surface area contributed by atoms with Gasteiger partial charge in [-0.2, -0.15) is 0 Å². The van der Waals surface area contributed by atoms with E-state index in [0.717, 1.165) is 26.7 Å². The van der Waals surface area contributed by atoms with Gasteiger partial charge in [0.1, 0.15) is 5.75 Å². The van der Waals surface area contributed by atoms with Crippen LogP contribution in [0.25, 0.3) is 10.2 Å². The summed E-state index contributed by atoms with van der Waals surface area (Å²) in [4.78, 5) is 11.0. The van der Waals surface area contributed by atoms with Crippen molar-refractivity contribution in [2.75, 3.05) is 26.1 Å². The molecule has 0 aliphatic rings. The predicted octanol–water partition coefficient (Wildman–Crippen LogP) is 4.12. The third-order valence-electron chi connectivity index (χ3n) is 3.32. The summed E-state index contributed by atoms with van der Waals surface area (Å²) in [5, 5.41) is 0.750. The minimum atomic E-state index is 0.750. The molecule has 5 heteroatoms. The molecule has 0 spiro atoms. The zero-order chi connectivity index (χ0) is 15.5. The van der Waals surface area contributed by atoms with E-state index in [9.17, 15) is 0 Å². The summed E-state index contributed by atoms with van der Waals surface area (Å²) in [5.74, 6) is 0.839. The van der Waals surface area contributed by atoms with E-state index >= 15 is 0 Å². The number of benzene rings is 2. The average Bonchev–Trinajstić information content (AvgIpc) is 2.95. The first-order valence-corrected chi connectivity index (χ1v) is 7.73. The molecule has 3 rings (SSSR count). The Balaban J connectivity index is 1.82. The molecule has 0 atom stereocenters. The third kappa shape index (κ3) is 3.09. The Morgan fingerprint density at radius 2 is 1.91 bits per heavy atom. The van der Waals surface area contributed by atoms with E-state index in [0.29, 0.717) is 0 Å². The molecule has 0 radical (unpaired) electrons. The minimum Gasteiger partial charge on any atom is -0.497 e. The molecule has 3 aromatic rings. The molecule has 0 saturated carbocycles. The van der Waals surface area contributed by atoms with Gasteiger partial charge in [-0.15, -0.1) is 0 Å². The molecule has 0 bridgehead atoms. The first kappa shape index (κ1) is 14.5. The highest BCUT2D eigenvalue weighted by molar-refractivity contribution is 7.22. The number of rotatable bonds is 4. The number of nitrogens with zero attached hydrogens (tertiary/aromatic N) is 3. The van der Waals surface area contributed by atoms with Crippen molar-refractivity contribution in [2.24, 2.45) is 4.99 Å². The third-order valence-corrected chi connectivity index (χ3v) is 4.24. The number of anilines is 1. The molecule has 0 fully saturated rings. The van der Waals surface area contributed by atoms with E-state index in [1.807, 2.05) is 38.5 Å². The van der Waals surface area contributed by atoms with Gasteiger partial charge in [0.2, 0.25) is 5.13 Å². The highest BCUT2D eigenvalue weighted by Gasteiger charge is 2.03. The van der Waals surface area contributed by atoms with Crippen LogP contribution in [0.1, 0.15) is 5.56 Å². The second kappa shape index (κ2) is 6.15. The quantitative estimate of drug-likeness (QED) is 0.680. The lowest BCUT2D eigenvalue weighted by Crippen LogP contribution is -2.08. The molecule has 4 nitrogen and oxygen atoms in total. The molecule has 0 unspecified atom stereocenters. The number of hydrogen-bond acceptors (Lipinski definition) is 5. The molecule has 22 heavy (non-hydrogen) atoms. The first-order chi connectivity index (χ1) is 10.7. The zero-order valence-electron chi connectivity index (χ0n) is 12.8. The van der Waals surface area contributed by atoms with Crippen molar-refractivity contribution in [1.82, 2.24) is 4.98 Å². The molecule has 0 saturated heterocycles. The largest absolute Gasteiger partial charge is 0.497 e. The van der Waals surface area contributed by atoms with Crippen molar-refractivity contribution in [3.8, 4) is 5.75 Å². The van der Waals surface area contributed by atoms with Crippen LogP contribution >= 0.6 is 11.3 Å². The maximum atomic E-state index is 5.23. The molecule has 1 heterocycles. The molecule has 112 valence electrons. The normalized spacial score (nSPS) is 11.2. The number of fused-ring (bicyclic) bond motifs is 1. The van der Waals surface area contributed by atoms with Gasteiger partial charge >= 0.3 is 0 Å². The number of thiazole rings is 1. The number of hydrogen-bond donors (Lipinski definition) is 0. The van der Waals surface area contributed by atoms with Gasteiger partial charge in [-0.3, -0.25) is 0 Å². The van der Waals surface area contributed by atoms with Gasteiger partial charge < -0.3 is 9.64 Å². The predicted molar refractivity (Wildman–Crippen MR) is 94.2 cm³/mol. The molecule has 0 amide bonds. The standard InChI is InChI=1S/C17H17N3OS/c1-20(2)13-6-4-12(5-7-13)11-18-17-19-15-9-8-14(21-3)10-16(15)22-17/h4-11H,1-3H3/b18-11+. The van der Waals surface area contributed by atoms with Crippen LogP contribution < -0.4 is 9.64 Å². The Morgan fingerprint density at radius 3 is 2.59 bits per heavy atom. The fourth-order valence-corrected chi connectivity index (χ4v) is 2.90. The van der Waals surface area contributed by atoms with Crippen LogP contribution in [0.3, 0.4) is 0 Å². The van der Waals surface area contributed by atoms with Gasteiger partial charge in [0.15, 0.2) is 0 Å². The monoisotopic (exact) mass is 311 g/mol. The molecule has 0 N–H and O–H groups in total. The van der Waals surface area contributed by atoms with Gasteiger partial charge in [-0.05, 0) is 35.9 Å². The minimum absolute atomic E-state index is 0.750. The topological polar surface area (TPSA) is 37.7 Å². The van der Waals surface area contributed by atoms with Crippen LogP contribution in [0.4, 0.5) is 10.8 Å². The summed E-state index contributed by atoms with van der Waals surface area (Å²) >= 11 is 1.56. The summed E-state index contributed by atoms with van der Waals surface area (Å²) in [7, 11) is 5.72. The second-order valence-corrected chi connectivity index (χ2v) is 6.08. The Kier molecular flexibility index (Phi) is 4.06. The lowest BCUT2D eigenvalue weighted by atomic mass is 10.2. The van der Waals surface area contributed by atoms with Gasteiger partial charge in [-0.25, -0.2) is 9.98 Å². The fourth-order valence-electron chi connectivity index (χ4n) is 2.06. The van der Waals surface area contributed by atoms with Crippen LogP contribution in [0.15, 0.2) is 47.5 Å². The Labute approximate surface area is 133 Å². The number of aliphatic imine (C=N–C) groups is 1. The van der Waals surface area contributed by atoms with Gasteiger partial charge in [0.05, 0.1) is 17.3 Å². The summed E-state index contributed by atoms with van der Waals surface area (Å²) < 4.78 is 6.31. The lowest BCUT2D eigenvalue weighted by Gasteiger charge is -2.11. The molecule has 0 aliphatic carbocycles. The van der Waals surface area contributed by atoms with Gasteiger partial charge in [-0.1, -0.05) is 23.5 Å². The molecular formula is C17H17N3OS. The van der Waals surface area contributed by atoms with Crippen molar-refractivity contribution in [2.45, 2.75) is 0 Å². The van der Waals surface area contributed by atoms with Crippen LogP contribution in [0.5, 0.6) is 5.75 Å². The summed E-state index contributed by atoms with van der Waals surface area (Å²) in [5.41, 5.74) is 3.17. The maximum Gasteiger partial charge on any atom is 0.210 e. The summed E-state index contributed by atoms with van der Waals surface area (Å²) in [6.45, 7) is 0. The van der Waals surface area contributed by atoms with Crippen LogP contribution in [0.2, 0.25) is 0 Å². The Hall–Kier alpha value is -2.40. The number of aromatic nitrogens is 1. The van der Waals surface area contributed by atoms with Gasteiger partial charge in [0, 0.05) is 26.0 Å². The summed E-state index contributed by atoms with van der Waals surface area (Å²) in [6, 6.07) is 14.1. The Morgan fingerprint density at radius 1 is 1.14 bits per heavy atom. The molecule has 0 aliphatic heterocycles. The average molecular weight is 311 g/mol. The van der Waals surface area contributed by atoms with Crippen LogP contribution in [0, 0.1) is 0 Å². The number of ether oxygens (including phenoxy) is 1. The van der Waals surface area contributed by atoms with Crippen molar-refractivity contribution < 1.29 is 4.74 Å². The smallest absolute Gasteiger partial charge is 0.210 e. The van der Waals surface area contributed by atoms with Crippen molar-refractivity contribution in [3.63, 3.8) is 0 Å². The van der Waals surface area contributed by atoms with E-state index in [1.165, 1.54) is 5.69 Å². The van der Waals surface area contributed by atoms with Crippen molar-refractivity contribution >= 4 is 38.6 Å². The van der Waals surface area contributed by atoms with Crippen molar-refractivity contribution in [3.05, 3.63) is 48.0 Å². The number of methoxy groups -OCH3 is 1. The van der Waals surface area contributed by atoms with E-state index in [1.54, 1.807) is 18.4 Å². The lowest BCUT2D eigenvalue weighted by molar-refractivity contribution is 0.415. The van der Waals surface area contributed by atoms with E-state index in [2.05, 4.69) is 39.1 Å². The molecule has 2 aromatic carbocycles. The van der Waals surface area contributed by atoms with Crippen LogP contribution in [-0.4, -0.2) is 32.4 Å². The first-order valence-electron chi connectivity index (χ1n) is 6.92. The molecular weight excluding hydrogens is 294 g/mol. The fraction of sp³-hybridized carbons (Fsp3) is 0.176. The van der Waals surface area contributed by atoms with E-state index in [-0.39, 0.29) is 0 Å². The van der Waals surface area contributed by atoms with Gasteiger partial charge in [0.25, 0.3) is 0 Å². The van der Waals surface area contributed by atoms with Crippen LogP contribution in [-0.2, 0) is 0 Å². The zero-order valence-corrected chi connectivity index (χ0v) is 13.6. The van der Waals surface area contributed by atoms with E-state index in [4.69, 9.17) is 4.74 Å². The SMILES string of the molecule is COc1ccc2nc(/N=C/c3ccc(N(C)C)cc3)sc2c1. The molecule has 1 aromatic heterocycles. The van der Waals surface area contributed by atoms with E-state index < -0.39 is 0 Å². The highest BCUT2D eigenvalue weighted by Crippen LogP contribution is 2.30. The van der Waals surface area contributed by atoms with Crippen molar-refractivity contribution in [1.29, 1.82) is 0 Å². The second-order valence-electron chi connectivity index (χ2n) is 5.07. The Bertz CT molecular complexity index is 806. The highest BCUT2D eigenvalue weighted by atomic mass is 32.1.